The molecule has 0 aliphatic carbocycles. The lowest BCUT2D eigenvalue weighted by molar-refractivity contribution is -0.139. The lowest BCUT2D eigenvalue weighted by Gasteiger charge is -2.13. The Labute approximate surface area is 193 Å². The van der Waals surface area contributed by atoms with E-state index in [1.807, 2.05) is 31.2 Å². The Balaban J connectivity index is 1.70. The SMILES string of the molecule is COc1cc(/C=C2\SC(=O)N(CCOc3ccc(C)cc3)C2=O)cc(Cl)c1OCC(=O)O. The van der Waals surface area contributed by atoms with E-state index in [1.54, 1.807) is 0 Å². The molecule has 8 nitrogen and oxygen atoms in total. The summed E-state index contributed by atoms with van der Waals surface area (Å²) in [4.78, 5) is 37.1. The van der Waals surface area contributed by atoms with Crippen molar-refractivity contribution in [3.8, 4) is 17.2 Å². The third kappa shape index (κ3) is 5.74. The predicted molar refractivity (Wildman–Crippen MR) is 120 cm³/mol. The molecule has 1 fully saturated rings. The van der Waals surface area contributed by atoms with E-state index < -0.39 is 23.7 Å². The van der Waals surface area contributed by atoms with Crippen molar-refractivity contribution in [2.45, 2.75) is 6.92 Å². The van der Waals surface area contributed by atoms with Crippen molar-refractivity contribution in [1.82, 2.24) is 4.90 Å². The summed E-state index contributed by atoms with van der Waals surface area (Å²) in [7, 11) is 1.38. The molecule has 32 heavy (non-hydrogen) atoms. The van der Waals surface area contributed by atoms with Gasteiger partial charge in [0.2, 0.25) is 0 Å². The number of carbonyl (C=O) groups is 3. The molecule has 2 amide bonds. The molecule has 1 heterocycles. The van der Waals surface area contributed by atoms with E-state index in [9.17, 15) is 14.4 Å². The van der Waals surface area contributed by atoms with E-state index in [0.717, 1.165) is 22.2 Å². The second kappa shape index (κ2) is 10.4. The minimum absolute atomic E-state index is 0.0788. The number of aryl methyl sites for hydroxylation is 1. The third-order valence-corrected chi connectivity index (χ3v) is 5.56. The highest BCUT2D eigenvalue weighted by molar-refractivity contribution is 8.18. The van der Waals surface area contributed by atoms with Crippen LogP contribution < -0.4 is 14.2 Å². The maximum Gasteiger partial charge on any atom is 0.341 e. The summed E-state index contributed by atoms with van der Waals surface area (Å²) in [6.07, 6.45) is 1.51. The highest BCUT2D eigenvalue weighted by Gasteiger charge is 2.35. The van der Waals surface area contributed by atoms with Crippen LogP contribution in [-0.2, 0) is 9.59 Å². The van der Waals surface area contributed by atoms with Crippen LogP contribution in [0.5, 0.6) is 17.2 Å². The van der Waals surface area contributed by atoms with Crippen molar-refractivity contribution in [2.75, 3.05) is 26.9 Å². The fourth-order valence-corrected chi connectivity index (χ4v) is 3.97. The molecule has 0 aromatic heterocycles. The molecular weight excluding hydrogens is 458 g/mol. The summed E-state index contributed by atoms with van der Waals surface area (Å²) in [5.41, 5.74) is 1.60. The summed E-state index contributed by atoms with van der Waals surface area (Å²) in [5, 5.41) is 8.50. The van der Waals surface area contributed by atoms with Gasteiger partial charge in [0, 0.05) is 0 Å². The number of rotatable bonds is 9. The average molecular weight is 478 g/mol. The van der Waals surface area contributed by atoms with Crippen molar-refractivity contribution < 1.29 is 33.7 Å². The number of carbonyl (C=O) groups excluding carboxylic acids is 2. The van der Waals surface area contributed by atoms with E-state index in [2.05, 4.69) is 0 Å². The van der Waals surface area contributed by atoms with Crippen LogP contribution in [0, 0.1) is 6.92 Å². The number of carboxylic acids is 1. The Hall–Kier alpha value is -3.17. The molecule has 0 saturated carbocycles. The normalized spacial score (nSPS) is 14.7. The Kier molecular flexibility index (Phi) is 7.66. The molecule has 2 aromatic carbocycles. The first-order valence-corrected chi connectivity index (χ1v) is 10.6. The second-order valence-electron chi connectivity index (χ2n) is 6.71. The first-order chi connectivity index (χ1) is 15.3. The molecule has 1 saturated heterocycles. The zero-order valence-corrected chi connectivity index (χ0v) is 18.9. The standard InChI is InChI=1S/C22H20ClNO7S/c1-13-3-5-15(6-4-13)30-8-7-24-21(27)18(32-22(24)28)11-14-9-16(23)20(17(10-14)29-2)31-12-19(25)26/h3-6,9-11H,7-8,12H2,1-2H3,(H,25,26)/b18-11-. The molecule has 10 heteroatoms. The smallest absolute Gasteiger partial charge is 0.341 e. The van der Waals surface area contributed by atoms with Crippen molar-refractivity contribution in [3.05, 3.63) is 57.5 Å². The second-order valence-corrected chi connectivity index (χ2v) is 8.11. The van der Waals surface area contributed by atoms with Gasteiger partial charge in [-0.05, 0) is 54.6 Å². The van der Waals surface area contributed by atoms with Crippen LogP contribution >= 0.6 is 23.4 Å². The molecule has 0 spiro atoms. The van der Waals surface area contributed by atoms with Crippen LogP contribution in [0.2, 0.25) is 5.02 Å². The number of aliphatic carboxylic acids is 1. The minimum Gasteiger partial charge on any atom is -0.493 e. The van der Waals surface area contributed by atoms with Crippen molar-refractivity contribution in [1.29, 1.82) is 0 Å². The Bertz CT molecular complexity index is 1070. The molecule has 3 rings (SSSR count). The van der Waals surface area contributed by atoms with Crippen LogP contribution in [-0.4, -0.2) is 54.0 Å². The number of hydrogen-bond acceptors (Lipinski definition) is 7. The van der Waals surface area contributed by atoms with Gasteiger partial charge in [0.1, 0.15) is 12.4 Å². The van der Waals surface area contributed by atoms with E-state index in [0.29, 0.717) is 11.3 Å². The van der Waals surface area contributed by atoms with Gasteiger partial charge in [0.05, 0.1) is 23.6 Å². The molecule has 1 aliphatic heterocycles. The van der Waals surface area contributed by atoms with Crippen LogP contribution in [0.25, 0.3) is 6.08 Å². The fraction of sp³-hybridized carbons (Fsp3) is 0.227. The van der Waals surface area contributed by atoms with Crippen molar-refractivity contribution in [2.24, 2.45) is 0 Å². The van der Waals surface area contributed by atoms with E-state index in [4.69, 9.17) is 30.9 Å². The largest absolute Gasteiger partial charge is 0.493 e. The van der Waals surface area contributed by atoms with Crippen LogP contribution in [0.15, 0.2) is 41.3 Å². The molecule has 1 aliphatic rings. The molecule has 0 bridgehead atoms. The number of carboxylic acid groups (broad SMARTS) is 1. The lowest BCUT2D eigenvalue weighted by Crippen LogP contribution is -2.32. The van der Waals surface area contributed by atoms with Gasteiger partial charge >= 0.3 is 5.97 Å². The van der Waals surface area contributed by atoms with Gasteiger partial charge in [-0.1, -0.05) is 29.3 Å². The molecule has 0 radical (unpaired) electrons. The topological polar surface area (TPSA) is 102 Å². The predicted octanol–water partition coefficient (Wildman–Crippen LogP) is 4.24. The van der Waals surface area contributed by atoms with Gasteiger partial charge in [0.25, 0.3) is 11.1 Å². The third-order valence-electron chi connectivity index (χ3n) is 4.37. The maximum absolute atomic E-state index is 12.7. The monoisotopic (exact) mass is 477 g/mol. The lowest BCUT2D eigenvalue weighted by atomic mass is 10.1. The number of halogens is 1. The van der Waals surface area contributed by atoms with Crippen molar-refractivity contribution >= 4 is 46.6 Å². The number of hydrogen-bond donors (Lipinski definition) is 1. The summed E-state index contributed by atoms with van der Waals surface area (Å²) in [5.74, 6) is -0.656. The van der Waals surface area contributed by atoms with Gasteiger partial charge in [0.15, 0.2) is 18.1 Å². The van der Waals surface area contributed by atoms with Gasteiger partial charge in [-0.2, -0.15) is 0 Å². The Morgan fingerprint density at radius 3 is 2.56 bits per heavy atom. The summed E-state index contributed by atoms with van der Waals surface area (Å²) < 4.78 is 16.0. The summed E-state index contributed by atoms with van der Waals surface area (Å²) in [6, 6.07) is 10.5. The van der Waals surface area contributed by atoms with Gasteiger partial charge in [-0.15, -0.1) is 0 Å². The summed E-state index contributed by atoms with van der Waals surface area (Å²) >= 11 is 7.01. The number of nitrogens with zero attached hydrogens (tertiary/aromatic N) is 1. The molecule has 2 aromatic rings. The molecule has 0 atom stereocenters. The summed E-state index contributed by atoms with van der Waals surface area (Å²) in [6.45, 7) is 1.67. The van der Waals surface area contributed by atoms with E-state index in [1.165, 1.54) is 25.3 Å². The van der Waals surface area contributed by atoms with Crippen LogP contribution in [0.4, 0.5) is 4.79 Å². The zero-order chi connectivity index (χ0) is 23.3. The van der Waals surface area contributed by atoms with E-state index >= 15 is 0 Å². The number of methoxy groups -OCH3 is 1. The molecular formula is C22H20ClNO7S. The fourth-order valence-electron chi connectivity index (χ4n) is 2.83. The van der Waals surface area contributed by atoms with Gasteiger partial charge < -0.3 is 19.3 Å². The minimum atomic E-state index is -1.16. The number of imide groups is 1. The quantitative estimate of drug-likeness (QED) is 0.535. The molecule has 1 N–H and O–H groups in total. The number of thioether (sulfide) groups is 1. The van der Waals surface area contributed by atoms with Crippen LogP contribution in [0.3, 0.4) is 0 Å². The highest BCUT2D eigenvalue weighted by Crippen LogP contribution is 2.39. The van der Waals surface area contributed by atoms with Gasteiger partial charge in [-0.3, -0.25) is 14.5 Å². The first-order valence-electron chi connectivity index (χ1n) is 9.45. The Morgan fingerprint density at radius 1 is 1.19 bits per heavy atom. The Morgan fingerprint density at radius 2 is 1.91 bits per heavy atom. The number of amides is 2. The van der Waals surface area contributed by atoms with Gasteiger partial charge in [-0.25, -0.2) is 4.79 Å². The zero-order valence-electron chi connectivity index (χ0n) is 17.3. The van der Waals surface area contributed by atoms with Crippen LogP contribution in [0.1, 0.15) is 11.1 Å². The molecule has 168 valence electrons. The average Bonchev–Trinajstić information content (AvgIpc) is 3.01. The number of benzene rings is 2. The van der Waals surface area contributed by atoms with E-state index in [-0.39, 0.29) is 34.6 Å². The molecule has 0 unspecified atom stereocenters. The number of ether oxygens (including phenoxy) is 3. The highest BCUT2D eigenvalue weighted by atomic mass is 35.5. The van der Waals surface area contributed by atoms with Crippen molar-refractivity contribution in [3.63, 3.8) is 0 Å². The first kappa shape index (κ1) is 23.5. The maximum atomic E-state index is 12.7.